The lowest BCUT2D eigenvalue weighted by molar-refractivity contribution is 0.282. The molecule has 1 N–H and O–H groups in total. The summed E-state index contributed by atoms with van der Waals surface area (Å²) in [6, 6.07) is 6.68. The smallest absolute Gasteiger partial charge is 0.0702 e. The lowest BCUT2D eigenvalue weighted by Gasteiger charge is -2.23. The van der Waals surface area contributed by atoms with Crippen LogP contribution in [0.1, 0.15) is 12.0 Å². The average molecular weight is 299 g/mol. The Morgan fingerprint density at radius 3 is 2.82 bits per heavy atom. The summed E-state index contributed by atoms with van der Waals surface area (Å²) in [6.45, 7) is 2.20. The lowest BCUT2D eigenvalue weighted by atomic mass is 10.1. The van der Waals surface area contributed by atoms with E-state index in [-0.39, 0.29) is 6.61 Å². The van der Waals surface area contributed by atoms with Crippen LogP contribution in [0.25, 0.3) is 0 Å². The highest BCUT2D eigenvalue weighted by Gasteiger charge is 2.25. The zero-order chi connectivity index (χ0) is 12.4. The molecule has 1 unspecified atom stereocenters. The Morgan fingerprint density at radius 2 is 2.24 bits per heavy atom. The topological polar surface area (TPSA) is 26.7 Å². The van der Waals surface area contributed by atoms with Crippen molar-refractivity contribution in [2.75, 3.05) is 32.1 Å². The third kappa shape index (κ3) is 2.81. The van der Waals surface area contributed by atoms with Gasteiger partial charge < -0.3 is 14.9 Å². The Bertz CT molecular complexity index is 395. The maximum Gasteiger partial charge on any atom is 0.0702 e. The van der Waals surface area contributed by atoms with Crippen LogP contribution in [-0.4, -0.2) is 43.2 Å². The summed E-state index contributed by atoms with van der Waals surface area (Å²) >= 11 is 3.50. The van der Waals surface area contributed by atoms with E-state index >= 15 is 0 Å². The van der Waals surface area contributed by atoms with Gasteiger partial charge in [-0.1, -0.05) is 22.0 Å². The number of aliphatic hydroxyl groups excluding tert-OH is 1. The number of benzene rings is 1. The molecule has 1 aliphatic heterocycles. The minimum Gasteiger partial charge on any atom is -0.392 e. The number of anilines is 1. The van der Waals surface area contributed by atoms with E-state index in [1.807, 2.05) is 12.1 Å². The molecule has 17 heavy (non-hydrogen) atoms. The van der Waals surface area contributed by atoms with E-state index in [0.29, 0.717) is 6.04 Å². The molecule has 2 rings (SSSR count). The summed E-state index contributed by atoms with van der Waals surface area (Å²) in [6.07, 6.45) is 1.18. The van der Waals surface area contributed by atoms with Crippen molar-refractivity contribution in [2.24, 2.45) is 0 Å². The van der Waals surface area contributed by atoms with Crippen LogP contribution in [0.2, 0.25) is 0 Å². The molecule has 1 aromatic carbocycles. The van der Waals surface area contributed by atoms with Crippen molar-refractivity contribution >= 4 is 21.6 Å². The fourth-order valence-electron chi connectivity index (χ4n) is 2.35. The Hall–Kier alpha value is -0.580. The van der Waals surface area contributed by atoms with Gasteiger partial charge in [-0.3, -0.25) is 0 Å². The van der Waals surface area contributed by atoms with Gasteiger partial charge in [0.1, 0.15) is 0 Å². The van der Waals surface area contributed by atoms with E-state index in [1.54, 1.807) is 0 Å². The monoisotopic (exact) mass is 298 g/mol. The Morgan fingerprint density at radius 1 is 1.47 bits per heavy atom. The van der Waals surface area contributed by atoms with Gasteiger partial charge in [0.05, 0.1) is 6.61 Å². The van der Waals surface area contributed by atoms with E-state index in [0.717, 1.165) is 28.8 Å². The van der Waals surface area contributed by atoms with Crippen LogP contribution in [0.15, 0.2) is 22.7 Å². The molecule has 1 saturated heterocycles. The maximum atomic E-state index is 9.39. The summed E-state index contributed by atoms with van der Waals surface area (Å²) in [5.74, 6) is 0. The molecule has 3 nitrogen and oxygen atoms in total. The molecule has 1 atom stereocenters. The number of halogens is 1. The van der Waals surface area contributed by atoms with Gasteiger partial charge in [-0.15, -0.1) is 0 Å². The summed E-state index contributed by atoms with van der Waals surface area (Å²) < 4.78 is 1.07. The molecule has 1 aliphatic rings. The number of hydrogen-bond donors (Lipinski definition) is 1. The van der Waals surface area contributed by atoms with Crippen molar-refractivity contribution in [3.63, 3.8) is 0 Å². The van der Waals surface area contributed by atoms with Crippen LogP contribution in [0.3, 0.4) is 0 Å². The fourth-order valence-corrected chi connectivity index (χ4v) is 2.70. The van der Waals surface area contributed by atoms with E-state index in [2.05, 4.69) is 45.9 Å². The normalized spacial score (nSPS) is 20.3. The van der Waals surface area contributed by atoms with E-state index in [9.17, 15) is 5.11 Å². The first-order chi connectivity index (χ1) is 8.11. The molecule has 0 aromatic heterocycles. The predicted molar refractivity (Wildman–Crippen MR) is 74.4 cm³/mol. The summed E-state index contributed by atoms with van der Waals surface area (Å²) in [4.78, 5) is 4.64. The highest BCUT2D eigenvalue weighted by molar-refractivity contribution is 9.10. The van der Waals surface area contributed by atoms with E-state index in [4.69, 9.17) is 0 Å². The first-order valence-electron chi connectivity index (χ1n) is 5.92. The van der Waals surface area contributed by atoms with Crippen LogP contribution < -0.4 is 4.90 Å². The van der Waals surface area contributed by atoms with Crippen molar-refractivity contribution in [2.45, 2.75) is 19.1 Å². The molecule has 0 aliphatic carbocycles. The van der Waals surface area contributed by atoms with Crippen LogP contribution in [-0.2, 0) is 6.61 Å². The van der Waals surface area contributed by atoms with Crippen LogP contribution in [0.4, 0.5) is 5.69 Å². The standard InChI is InChI=1S/C13H19BrN2O/c1-15(2)12-5-6-16(8-12)13-7-11(14)4-3-10(13)9-17/h3-4,7,12,17H,5-6,8-9H2,1-2H3. The second-order valence-corrected chi connectivity index (χ2v) is 5.70. The van der Waals surface area contributed by atoms with Crippen LogP contribution >= 0.6 is 15.9 Å². The molecule has 0 amide bonds. The highest BCUT2D eigenvalue weighted by atomic mass is 79.9. The number of nitrogens with zero attached hydrogens (tertiary/aromatic N) is 2. The van der Waals surface area contributed by atoms with Crippen molar-refractivity contribution in [3.8, 4) is 0 Å². The first kappa shape index (κ1) is 12.9. The first-order valence-corrected chi connectivity index (χ1v) is 6.71. The van der Waals surface area contributed by atoms with Gasteiger partial charge >= 0.3 is 0 Å². The van der Waals surface area contributed by atoms with Gasteiger partial charge in [-0.25, -0.2) is 0 Å². The van der Waals surface area contributed by atoms with Gasteiger partial charge in [0.25, 0.3) is 0 Å². The zero-order valence-electron chi connectivity index (χ0n) is 10.4. The Kier molecular flexibility index (Phi) is 4.07. The van der Waals surface area contributed by atoms with Gasteiger partial charge in [0, 0.05) is 34.9 Å². The number of likely N-dealkylation sites (N-methyl/N-ethyl adjacent to an activating group) is 1. The van der Waals surface area contributed by atoms with Crippen molar-refractivity contribution in [3.05, 3.63) is 28.2 Å². The maximum absolute atomic E-state index is 9.39. The quantitative estimate of drug-likeness (QED) is 0.926. The predicted octanol–water partition coefficient (Wildman–Crippen LogP) is 2.08. The van der Waals surface area contributed by atoms with Crippen molar-refractivity contribution in [1.29, 1.82) is 0 Å². The average Bonchev–Trinajstić information content (AvgIpc) is 2.78. The van der Waals surface area contributed by atoms with Crippen molar-refractivity contribution < 1.29 is 5.11 Å². The molecule has 0 spiro atoms. The highest BCUT2D eigenvalue weighted by Crippen LogP contribution is 2.29. The van der Waals surface area contributed by atoms with Gasteiger partial charge in [0.2, 0.25) is 0 Å². The zero-order valence-corrected chi connectivity index (χ0v) is 11.9. The third-order valence-electron chi connectivity index (χ3n) is 3.45. The van der Waals surface area contributed by atoms with Crippen molar-refractivity contribution in [1.82, 2.24) is 4.90 Å². The fraction of sp³-hybridized carbons (Fsp3) is 0.538. The third-order valence-corrected chi connectivity index (χ3v) is 3.95. The molecule has 0 saturated carbocycles. The Balaban J connectivity index is 2.20. The lowest BCUT2D eigenvalue weighted by Crippen LogP contribution is -2.31. The number of hydrogen-bond acceptors (Lipinski definition) is 3. The Labute approximate surface area is 111 Å². The van der Waals surface area contributed by atoms with E-state index in [1.165, 1.54) is 6.42 Å². The SMILES string of the molecule is CN(C)C1CCN(c2cc(Br)ccc2CO)C1. The summed E-state index contributed by atoms with van der Waals surface area (Å²) in [7, 11) is 4.25. The number of rotatable bonds is 3. The molecule has 0 bridgehead atoms. The molecule has 0 radical (unpaired) electrons. The van der Waals surface area contributed by atoms with Gasteiger partial charge in [0.15, 0.2) is 0 Å². The van der Waals surface area contributed by atoms with Crippen LogP contribution in [0, 0.1) is 0 Å². The molecular weight excluding hydrogens is 280 g/mol. The summed E-state index contributed by atoms with van der Waals surface area (Å²) in [5.41, 5.74) is 2.17. The largest absolute Gasteiger partial charge is 0.392 e. The van der Waals surface area contributed by atoms with Gasteiger partial charge in [-0.05, 0) is 32.6 Å². The molecule has 1 fully saturated rings. The minimum absolute atomic E-state index is 0.103. The minimum atomic E-state index is 0.103. The van der Waals surface area contributed by atoms with Gasteiger partial charge in [-0.2, -0.15) is 0 Å². The molecule has 1 aromatic rings. The molecule has 94 valence electrons. The second-order valence-electron chi connectivity index (χ2n) is 4.78. The molecular formula is C13H19BrN2O. The molecule has 1 heterocycles. The second kappa shape index (κ2) is 5.38. The molecule has 4 heteroatoms. The number of aliphatic hydroxyl groups is 1. The summed E-state index contributed by atoms with van der Waals surface area (Å²) in [5, 5.41) is 9.39. The van der Waals surface area contributed by atoms with Crippen LogP contribution in [0.5, 0.6) is 0 Å². The van der Waals surface area contributed by atoms with E-state index < -0.39 is 0 Å².